The minimum atomic E-state index is -3.34. The van der Waals surface area contributed by atoms with Crippen LogP contribution in [0, 0.1) is 0 Å². The first-order chi connectivity index (χ1) is 12.3. The molecule has 26 heavy (non-hydrogen) atoms. The molecule has 11 nitrogen and oxygen atoms in total. The second-order valence-corrected chi connectivity index (χ2v) is 8.50. The van der Waals surface area contributed by atoms with Crippen LogP contribution < -0.4 is 14.9 Å². The number of anilines is 2. The highest BCUT2D eigenvalue weighted by Gasteiger charge is 2.19. The van der Waals surface area contributed by atoms with Gasteiger partial charge in [-0.25, -0.2) is 13.1 Å². The van der Waals surface area contributed by atoms with Crippen LogP contribution in [0.25, 0.3) is 5.78 Å². The molecule has 0 aliphatic carbocycles. The Hall–Kier alpha value is -2.05. The lowest BCUT2D eigenvalue weighted by Crippen LogP contribution is -2.45. The maximum atomic E-state index is 12.0. The molecule has 2 aromatic heterocycles. The third kappa shape index (κ3) is 4.56. The van der Waals surface area contributed by atoms with Crippen molar-refractivity contribution in [2.24, 2.45) is 0 Å². The van der Waals surface area contributed by atoms with E-state index in [0.29, 0.717) is 17.7 Å². The summed E-state index contributed by atoms with van der Waals surface area (Å²) in [6, 6.07) is -0.134. The fraction of sp³-hybridized carbons (Fsp3) is 0.714. The van der Waals surface area contributed by atoms with Crippen molar-refractivity contribution >= 4 is 27.7 Å². The molecular formula is C14H25N9O2S. The molecule has 0 radical (unpaired) electrons. The zero-order chi connectivity index (χ0) is 18.7. The molecule has 0 unspecified atom stereocenters. The van der Waals surface area contributed by atoms with Gasteiger partial charge in [0.2, 0.25) is 21.9 Å². The molecule has 0 spiro atoms. The Kier molecular flexibility index (Phi) is 5.53. The molecule has 144 valence electrons. The molecule has 1 fully saturated rings. The molecule has 2 N–H and O–H groups in total. The van der Waals surface area contributed by atoms with Crippen LogP contribution in [0.4, 0.5) is 11.9 Å². The molecule has 1 aliphatic rings. The van der Waals surface area contributed by atoms with Gasteiger partial charge in [0, 0.05) is 38.8 Å². The van der Waals surface area contributed by atoms with E-state index in [9.17, 15) is 8.42 Å². The Balaban J connectivity index is 1.74. The smallest absolute Gasteiger partial charge is 0.258 e. The molecule has 3 rings (SSSR count). The number of fused-ring (bicyclic) bond motifs is 1. The van der Waals surface area contributed by atoms with Crippen LogP contribution in [0.5, 0.6) is 0 Å². The fourth-order valence-corrected chi connectivity index (χ4v) is 3.90. The maximum Gasteiger partial charge on any atom is 0.258 e. The summed E-state index contributed by atoms with van der Waals surface area (Å²) in [5.41, 5.74) is 0. The van der Waals surface area contributed by atoms with Crippen LogP contribution in [0.1, 0.15) is 13.8 Å². The van der Waals surface area contributed by atoms with E-state index >= 15 is 0 Å². The zero-order valence-corrected chi connectivity index (χ0v) is 16.1. The van der Waals surface area contributed by atoms with Crippen molar-refractivity contribution in [3.05, 3.63) is 6.33 Å². The van der Waals surface area contributed by atoms with Crippen molar-refractivity contribution in [3.8, 4) is 0 Å². The highest BCUT2D eigenvalue weighted by Crippen LogP contribution is 2.15. The number of sulfonamides is 1. The predicted octanol–water partition coefficient (Wildman–Crippen LogP) is -0.989. The van der Waals surface area contributed by atoms with Gasteiger partial charge in [0.15, 0.2) is 0 Å². The monoisotopic (exact) mass is 383 g/mol. The van der Waals surface area contributed by atoms with Gasteiger partial charge in [-0.3, -0.25) is 0 Å². The van der Waals surface area contributed by atoms with Crippen molar-refractivity contribution in [1.82, 2.24) is 34.2 Å². The summed E-state index contributed by atoms with van der Waals surface area (Å²) in [6.45, 7) is 7.30. The summed E-state index contributed by atoms with van der Waals surface area (Å²) in [6.07, 6.45) is 1.40. The standard InChI is InChI=1S/C14H25N9O2S/c1-11(2)20-26(24,25)9-4-15-12-18-14(19-13-16-10-17-23(12)13)22-7-5-21(3)6-8-22/h10-11,20H,4-9H2,1-3H3,(H,15,16,17,18,19). The van der Waals surface area contributed by atoms with Gasteiger partial charge in [-0.1, -0.05) is 0 Å². The van der Waals surface area contributed by atoms with Crippen LogP contribution in [-0.2, 0) is 10.0 Å². The van der Waals surface area contributed by atoms with E-state index in [2.05, 4.69) is 46.9 Å². The van der Waals surface area contributed by atoms with Gasteiger partial charge in [-0.2, -0.15) is 24.6 Å². The van der Waals surface area contributed by atoms with Crippen LogP contribution in [-0.4, -0.2) is 89.4 Å². The third-order valence-electron chi connectivity index (χ3n) is 3.99. The molecule has 1 aliphatic heterocycles. The molecule has 0 atom stereocenters. The number of piperazine rings is 1. The lowest BCUT2D eigenvalue weighted by atomic mass is 10.3. The Bertz CT molecular complexity index is 843. The Morgan fingerprint density at radius 3 is 2.62 bits per heavy atom. The maximum absolute atomic E-state index is 12.0. The van der Waals surface area contributed by atoms with E-state index in [0.717, 1.165) is 26.2 Å². The Morgan fingerprint density at radius 1 is 1.19 bits per heavy atom. The predicted molar refractivity (Wildman–Crippen MR) is 98.8 cm³/mol. The lowest BCUT2D eigenvalue weighted by Gasteiger charge is -2.32. The first-order valence-electron chi connectivity index (χ1n) is 8.59. The number of nitrogens with zero attached hydrogens (tertiary/aromatic N) is 7. The fourth-order valence-electron chi connectivity index (χ4n) is 2.70. The SMILES string of the molecule is CC(C)NS(=O)(=O)CCNc1nc(N2CCN(C)CC2)nc2ncnn12. The Morgan fingerprint density at radius 2 is 1.92 bits per heavy atom. The number of rotatable bonds is 7. The van der Waals surface area contributed by atoms with Gasteiger partial charge >= 0.3 is 0 Å². The summed E-state index contributed by atoms with van der Waals surface area (Å²) in [5.74, 6) is 1.37. The average Bonchev–Trinajstić information content (AvgIpc) is 3.02. The van der Waals surface area contributed by atoms with Crippen molar-refractivity contribution < 1.29 is 8.42 Å². The number of nitrogens with one attached hydrogen (secondary N) is 2. The zero-order valence-electron chi connectivity index (χ0n) is 15.3. The number of likely N-dealkylation sites (N-methyl/N-ethyl adjacent to an activating group) is 1. The highest BCUT2D eigenvalue weighted by atomic mass is 32.2. The Labute approximate surface area is 152 Å². The third-order valence-corrected chi connectivity index (χ3v) is 5.56. The normalized spacial score (nSPS) is 16.5. The second-order valence-electron chi connectivity index (χ2n) is 6.63. The lowest BCUT2D eigenvalue weighted by molar-refractivity contribution is 0.311. The quantitative estimate of drug-likeness (QED) is 0.621. The minimum absolute atomic E-state index is 0.0603. The first-order valence-corrected chi connectivity index (χ1v) is 10.2. The topological polar surface area (TPSA) is 121 Å². The van der Waals surface area contributed by atoms with Gasteiger partial charge < -0.3 is 15.1 Å². The summed E-state index contributed by atoms with van der Waals surface area (Å²) >= 11 is 0. The molecule has 0 amide bonds. The number of hydrogen-bond acceptors (Lipinski definition) is 9. The summed E-state index contributed by atoms with van der Waals surface area (Å²) in [7, 11) is -1.26. The minimum Gasteiger partial charge on any atom is -0.353 e. The van der Waals surface area contributed by atoms with Gasteiger partial charge in [0.05, 0.1) is 5.75 Å². The van der Waals surface area contributed by atoms with Crippen LogP contribution in [0.15, 0.2) is 6.33 Å². The molecule has 3 heterocycles. The number of hydrogen-bond donors (Lipinski definition) is 2. The van der Waals surface area contributed by atoms with Gasteiger partial charge in [-0.15, -0.1) is 0 Å². The van der Waals surface area contributed by atoms with E-state index in [1.54, 1.807) is 13.8 Å². The molecular weight excluding hydrogens is 358 g/mol. The molecule has 0 saturated carbocycles. The van der Waals surface area contributed by atoms with Crippen LogP contribution in [0.2, 0.25) is 0 Å². The van der Waals surface area contributed by atoms with Crippen molar-refractivity contribution in [1.29, 1.82) is 0 Å². The average molecular weight is 383 g/mol. The molecule has 1 saturated heterocycles. The van der Waals surface area contributed by atoms with Crippen LogP contribution >= 0.6 is 0 Å². The molecule has 0 bridgehead atoms. The largest absolute Gasteiger partial charge is 0.353 e. The summed E-state index contributed by atoms with van der Waals surface area (Å²) < 4.78 is 27.9. The van der Waals surface area contributed by atoms with E-state index in [4.69, 9.17) is 0 Å². The van der Waals surface area contributed by atoms with Gasteiger partial charge in [0.1, 0.15) is 6.33 Å². The van der Waals surface area contributed by atoms with Crippen LogP contribution in [0.3, 0.4) is 0 Å². The van der Waals surface area contributed by atoms with Crippen molar-refractivity contribution in [3.63, 3.8) is 0 Å². The highest BCUT2D eigenvalue weighted by molar-refractivity contribution is 7.89. The first kappa shape index (κ1) is 18.7. The summed E-state index contributed by atoms with van der Waals surface area (Å²) in [4.78, 5) is 17.5. The van der Waals surface area contributed by atoms with Crippen molar-refractivity contribution in [2.45, 2.75) is 19.9 Å². The molecule has 0 aromatic carbocycles. The number of aromatic nitrogens is 5. The molecule has 12 heteroatoms. The van der Waals surface area contributed by atoms with E-state index in [1.165, 1.54) is 10.8 Å². The van der Waals surface area contributed by atoms with E-state index < -0.39 is 10.0 Å². The van der Waals surface area contributed by atoms with Gasteiger partial charge in [-0.05, 0) is 20.9 Å². The van der Waals surface area contributed by atoms with E-state index in [-0.39, 0.29) is 18.3 Å². The molecule has 2 aromatic rings. The van der Waals surface area contributed by atoms with Crippen molar-refractivity contribution in [2.75, 3.05) is 55.7 Å². The summed E-state index contributed by atoms with van der Waals surface area (Å²) in [5, 5.41) is 7.15. The second kappa shape index (κ2) is 7.68. The van der Waals surface area contributed by atoms with E-state index in [1.807, 2.05) is 0 Å². The van der Waals surface area contributed by atoms with Gasteiger partial charge in [0.25, 0.3) is 5.78 Å².